The highest BCUT2D eigenvalue weighted by atomic mass is 16.5. The lowest BCUT2D eigenvalue weighted by molar-refractivity contribution is -0.146. The molecule has 21 heavy (non-hydrogen) atoms. The van der Waals surface area contributed by atoms with Crippen LogP contribution in [0.5, 0.6) is 5.75 Å². The van der Waals surface area contributed by atoms with Crippen LogP contribution in [0.1, 0.15) is 37.8 Å². The van der Waals surface area contributed by atoms with Crippen LogP contribution >= 0.6 is 0 Å². The normalized spacial score (nSPS) is 12.1. The zero-order valence-electron chi connectivity index (χ0n) is 13.2. The molecule has 0 spiro atoms. The van der Waals surface area contributed by atoms with E-state index in [0.717, 1.165) is 10.5 Å². The first kappa shape index (κ1) is 17.0. The molecule has 1 aromatic rings. The number of ether oxygens (including phenoxy) is 1. The van der Waals surface area contributed by atoms with Crippen molar-refractivity contribution in [3.05, 3.63) is 29.3 Å². The molecule has 0 aliphatic heterocycles. The van der Waals surface area contributed by atoms with Crippen LogP contribution in [0.2, 0.25) is 0 Å². The van der Waals surface area contributed by atoms with Gasteiger partial charge in [-0.15, -0.1) is 0 Å². The summed E-state index contributed by atoms with van der Waals surface area (Å²) in [6.45, 7) is 7.53. The second kappa shape index (κ2) is 7.11. The summed E-state index contributed by atoms with van der Waals surface area (Å²) >= 11 is 0. The standard InChI is InChI=1S/C16H23NO4/c1-10(2)14-7-6-13(8-11(14)3)21-12(4)16(20)17(5)9-15(18)19/h6-8,10,12H,9H2,1-5H3,(H,18,19). The molecule has 5 heteroatoms. The molecule has 1 amide bonds. The number of carbonyl (C=O) groups excluding carboxylic acids is 1. The molecular weight excluding hydrogens is 270 g/mol. The van der Waals surface area contributed by atoms with Crippen molar-refractivity contribution in [2.45, 2.75) is 39.7 Å². The molecule has 1 aromatic carbocycles. The largest absolute Gasteiger partial charge is 0.481 e. The first-order chi connectivity index (χ1) is 9.72. The zero-order chi connectivity index (χ0) is 16.2. The van der Waals surface area contributed by atoms with Gasteiger partial charge in [-0.3, -0.25) is 9.59 Å². The van der Waals surface area contributed by atoms with E-state index in [2.05, 4.69) is 13.8 Å². The van der Waals surface area contributed by atoms with Crippen LogP contribution in [0.3, 0.4) is 0 Å². The van der Waals surface area contributed by atoms with E-state index in [1.807, 2.05) is 25.1 Å². The van der Waals surface area contributed by atoms with Gasteiger partial charge in [-0.25, -0.2) is 0 Å². The minimum Gasteiger partial charge on any atom is -0.481 e. The highest BCUT2D eigenvalue weighted by molar-refractivity contribution is 5.84. The lowest BCUT2D eigenvalue weighted by Gasteiger charge is -2.21. The minimum absolute atomic E-state index is 0.335. The third kappa shape index (κ3) is 4.77. The quantitative estimate of drug-likeness (QED) is 0.874. The molecule has 0 bridgehead atoms. The van der Waals surface area contributed by atoms with Gasteiger partial charge in [0.25, 0.3) is 5.91 Å². The maximum atomic E-state index is 12.0. The predicted octanol–water partition coefficient (Wildman–Crippen LogP) is 2.43. The Morgan fingerprint density at radius 3 is 2.38 bits per heavy atom. The molecule has 0 aliphatic carbocycles. The van der Waals surface area contributed by atoms with Crippen LogP contribution in [0.15, 0.2) is 18.2 Å². The summed E-state index contributed by atoms with van der Waals surface area (Å²) in [6, 6.07) is 5.73. The third-order valence-electron chi connectivity index (χ3n) is 3.27. The van der Waals surface area contributed by atoms with Crippen molar-refractivity contribution in [2.24, 2.45) is 0 Å². The second-order valence-electron chi connectivity index (χ2n) is 5.52. The molecule has 0 fully saturated rings. The van der Waals surface area contributed by atoms with Gasteiger partial charge in [-0.2, -0.15) is 0 Å². The van der Waals surface area contributed by atoms with Gasteiger partial charge in [-0.05, 0) is 43.0 Å². The molecule has 1 N–H and O–H groups in total. The van der Waals surface area contributed by atoms with E-state index in [9.17, 15) is 9.59 Å². The second-order valence-corrected chi connectivity index (χ2v) is 5.52. The number of aliphatic carboxylic acids is 1. The number of hydrogen-bond donors (Lipinski definition) is 1. The van der Waals surface area contributed by atoms with Crippen LogP contribution in [0, 0.1) is 6.92 Å². The maximum absolute atomic E-state index is 12.0. The third-order valence-corrected chi connectivity index (χ3v) is 3.27. The van der Waals surface area contributed by atoms with Gasteiger partial charge in [0.15, 0.2) is 6.10 Å². The van der Waals surface area contributed by atoms with Crippen LogP contribution in [0.4, 0.5) is 0 Å². The average molecular weight is 293 g/mol. The van der Waals surface area contributed by atoms with Crippen molar-refractivity contribution in [1.82, 2.24) is 4.90 Å². The molecule has 0 radical (unpaired) electrons. The van der Waals surface area contributed by atoms with Crippen molar-refractivity contribution in [3.63, 3.8) is 0 Å². The van der Waals surface area contributed by atoms with Crippen molar-refractivity contribution in [3.8, 4) is 5.75 Å². The Balaban J connectivity index is 2.74. The number of carboxylic acid groups (broad SMARTS) is 1. The Morgan fingerprint density at radius 2 is 1.90 bits per heavy atom. The van der Waals surface area contributed by atoms with E-state index in [-0.39, 0.29) is 12.5 Å². The molecule has 5 nitrogen and oxygen atoms in total. The smallest absolute Gasteiger partial charge is 0.323 e. The van der Waals surface area contributed by atoms with Gasteiger partial charge >= 0.3 is 5.97 Å². The van der Waals surface area contributed by atoms with E-state index < -0.39 is 12.1 Å². The van der Waals surface area contributed by atoms with Crippen LogP contribution in [-0.2, 0) is 9.59 Å². The van der Waals surface area contributed by atoms with E-state index in [1.54, 1.807) is 6.92 Å². The van der Waals surface area contributed by atoms with Crippen LogP contribution in [-0.4, -0.2) is 41.6 Å². The predicted molar refractivity (Wildman–Crippen MR) is 80.6 cm³/mol. The van der Waals surface area contributed by atoms with Crippen molar-refractivity contribution in [2.75, 3.05) is 13.6 Å². The monoisotopic (exact) mass is 293 g/mol. The number of amides is 1. The molecular formula is C16H23NO4. The SMILES string of the molecule is Cc1cc(OC(C)C(=O)N(C)CC(=O)O)ccc1C(C)C. The lowest BCUT2D eigenvalue weighted by Crippen LogP contribution is -2.40. The maximum Gasteiger partial charge on any atom is 0.323 e. The summed E-state index contributed by atoms with van der Waals surface area (Å²) in [5.74, 6) is -0.362. The van der Waals surface area contributed by atoms with Crippen LogP contribution in [0.25, 0.3) is 0 Å². The summed E-state index contributed by atoms with van der Waals surface area (Å²) in [4.78, 5) is 23.7. The number of nitrogens with zero attached hydrogens (tertiary/aromatic N) is 1. The molecule has 1 atom stereocenters. The highest BCUT2D eigenvalue weighted by Gasteiger charge is 2.21. The van der Waals surface area contributed by atoms with Gasteiger partial charge < -0.3 is 14.7 Å². The number of aryl methyl sites for hydroxylation is 1. The summed E-state index contributed by atoms with van der Waals surface area (Å²) in [5.41, 5.74) is 2.35. The first-order valence-electron chi connectivity index (χ1n) is 6.96. The van der Waals surface area contributed by atoms with Crippen molar-refractivity contribution >= 4 is 11.9 Å². The molecule has 0 aromatic heterocycles. The van der Waals surface area contributed by atoms with Crippen molar-refractivity contribution in [1.29, 1.82) is 0 Å². The molecule has 0 saturated carbocycles. The summed E-state index contributed by atoms with van der Waals surface area (Å²) < 4.78 is 5.61. The van der Waals surface area contributed by atoms with E-state index >= 15 is 0 Å². The van der Waals surface area contributed by atoms with Gasteiger partial charge in [0.05, 0.1) is 0 Å². The Morgan fingerprint density at radius 1 is 1.29 bits per heavy atom. The Bertz CT molecular complexity index is 525. The zero-order valence-corrected chi connectivity index (χ0v) is 13.2. The van der Waals surface area contributed by atoms with E-state index in [0.29, 0.717) is 11.7 Å². The van der Waals surface area contributed by atoms with Gasteiger partial charge in [0, 0.05) is 7.05 Å². The highest BCUT2D eigenvalue weighted by Crippen LogP contribution is 2.24. The van der Waals surface area contributed by atoms with Crippen molar-refractivity contribution < 1.29 is 19.4 Å². The number of hydrogen-bond acceptors (Lipinski definition) is 3. The molecule has 0 aliphatic rings. The molecule has 0 saturated heterocycles. The average Bonchev–Trinajstić information content (AvgIpc) is 2.36. The number of benzene rings is 1. The Kier molecular flexibility index (Phi) is 5.76. The first-order valence-corrected chi connectivity index (χ1v) is 6.96. The van der Waals surface area contributed by atoms with Gasteiger partial charge in [0.1, 0.15) is 12.3 Å². The fourth-order valence-corrected chi connectivity index (χ4v) is 2.21. The summed E-state index contributed by atoms with van der Waals surface area (Å²) in [5, 5.41) is 8.69. The minimum atomic E-state index is -1.05. The molecule has 1 rings (SSSR count). The number of carbonyl (C=O) groups is 2. The lowest BCUT2D eigenvalue weighted by atomic mass is 9.98. The van der Waals surface area contributed by atoms with E-state index in [1.165, 1.54) is 12.6 Å². The summed E-state index contributed by atoms with van der Waals surface area (Å²) in [6.07, 6.45) is -0.723. The fourth-order valence-electron chi connectivity index (χ4n) is 2.21. The molecule has 1 unspecified atom stereocenters. The fraction of sp³-hybridized carbons (Fsp3) is 0.500. The summed E-state index contributed by atoms with van der Waals surface area (Å²) in [7, 11) is 1.45. The van der Waals surface area contributed by atoms with E-state index in [4.69, 9.17) is 9.84 Å². The number of carboxylic acids is 1. The number of likely N-dealkylation sites (N-methyl/N-ethyl adjacent to an activating group) is 1. The van der Waals surface area contributed by atoms with Gasteiger partial charge in [-0.1, -0.05) is 19.9 Å². The molecule has 0 heterocycles. The number of rotatable bonds is 6. The molecule has 116 valence electrons. The topological polar surface area (TPSA) is 66.8 Å². The Hall–Kier alpha value is -2.04. The van der Waals surface area contributed by atoms with Gasteiger partial charge in [0.2, 0.25) is 0 Å². The Labute approximate surface area is 125 Å². The van der Waals surface area contributed by atoms with Crippen LogP contribution < -0.4 is 4.74 Å².